The third-order valence-corrected chi connectivity index (χ3v) is 5.72. The average molecular weight is 359 g/mol. The number of ether oxygens (including phenoxy) is 1. The molecule has 1 spiro atoms. The summed E-state index contributed by atoms with van der Waals surface area (Å²) in [6.07, 6.45) is 6.63. The molecule has 2 unspecified atom stereocenters. The monoisotopic (exact) mass is 357 g/mol. The normalized spacial score (nSPS) is 27.6. The van der Waals surface area contributed by atoms with Gasteiger partial charge in [0.05, 0.1) is 5.02 Å². The molecule has 0 bridgehead atoms. The van der Waals surface area contributed by atoms with Gasteiger partial charge in [-0.3, -0.25) is 0 Å². The molecule has 3 rings (SSSR count). The standard InChI is InChI=1S/C16H21BrClNO/c1-2-19-14-10-15(16(14)7-3-4-8-16)20-13-6-5-11(17)9-12(13)18/h5-6,9,14-15,19H,2-4,7-8,10H2,1H3. The molecule has 2 nitrogen and oxygen atoms in total. The number of rotatable bonds is 4. The largest absolute Gasteiger partial charge is 0.488 e. The van der Waals surface area contributed by atoms with Crippen molar-refractivity contribution in [2.24, 2.45) is 5.41 Å². The molecule has 2 aliphatic carbocycles. The minimum absolute atomic E-state index is 0.313. The fraction of sp³-hybridized carbons (Fsp3) is 0.625. The molecule has 0 radical (unpaired) electrons. The van der Waals surface area contributed by atoms with Gasteiger partial charge in [0.25, 0.3) is 0 Å². The molecule has 110 valence electrons. The highest BCUT2D eigenvalue weighted by Crippen LogP contribution is 2.55. The van der Waals surface area contributed by atoms with E-state index in [0.717, 1.165) is 23.2 Å². The van der Waals surface area contributed by atoms with Crippen molar-refractivity contribution in [3.8, 4) is 5.75 Å². The van der Waals surface area contributed by atoms with E-state index >= 15 is 0 Å². The van der Waals surface area contributed by atoms with E-state index < -0.39 is 0 Å². The molecule has 1 aromatic rings. The van der Waals surface area contributed by atoms with Crippen LogP contribution in [0.25, 0.3) is 0 Å². The summed E-state index contributed by atoms with van der Waals surface area (Å²) in [5.41, 5.74) is 0.340. The first-order chi connectivity index (χ1) is 9.65. The Labute approximate surface area is 134 Å². The van der Waals surface area contributed by atoms with E-state index in [1.165, 1.54) is 25.7 Å². The molecule has 1 N–H and O–H groups in total. The van der Waals surface area contributed by atoms with E-state index in [2.05, 4.69) is 28.2 Å². The van der Waals surface area contributed by atoms with Crippen LogP contribution in [0.5, 0.6) is 5.75 Å². The number of benzene rings is 1. The topological polar surface area (TPSA) is 21.3 Å². The number of hydrogen-bond donors (Lipinski definition) is 1. The van der Waals surface area contributed by atoms with Crippen molar-refractivity contribution in [3.63, 3.8) is 0 Å². The second-order valence-electron chi connectivity index (χ2n) is 5.97. The summed E-state index contributed by atoms with van der Waals surface area (Å²) in [5.74, 6) is 0.820. The van der Waals surface area contributed by atoms with Gasteiger partial charge in [-0.2, -0.15) is 0 Å². The number of hydrogen-bond acceptors (Lipinski definition) is 2. The van der Waals surface area contributed by atoms with E-state index in [-0.39, 0.29) is 0 Å². The van der Waals surface area contributed by atoms with Crippen LogP contribution in [-0.4, -0.2) is 18.7 Å². The van der Waals surface area contributed by atoms with Crippen LogP contribution >= 0.6 is 27.5 Å². The molecule has 20 heavy (non-hydrogen) atoms. The molecule has 1 aromatic carbocycles. The fourth-order valence-electron chi connectivity index (χ4n) is 3.87. The van der Waals surface area contributed by atoms with Crippen LogP contribution in [0.15, 0.2) is 22.7 Å². The molecular formula is C16H21BrClNO. The van der Waals surface area contributed by atoms with Crippen LogP contribution in [0.1, 0.15) is 39.0 Å². The van der Waals surface area contributed by atoms with Crippen molar-refractivity contribution >= 4 is 27.5 Å². The van der Waals surface area contributed by atoms with E-state index in [0.29, 0.717) is 22.6 Å². The lowest BCUT2D eigenvalue weighted by molar-refractivity contribution is -0.0755. The van der Waals surface area contributed by atoms with E-state index in [9.17, 15) is 0 Å². The van der Waals surface area contributed by atoms with Gasteiger partial charge in [0.15, 0.2) is 0 Å². The van der Waals surface area contributed by atoms with Gasteiger partial charge in [0.2, 0.25) is 0 Å². The van der Waals surface area contributed by atoms with Gasteiger partial charge >= 0.3 is 0 Å². The van der Waals surface area contributed by atoms with Crippen molar-refractivity contribution in [1.29, 1.82) is 0 Å². The first-order valence-corrected chi connectivity index (χ1v) is 8.68. The van der Waals surface area contributed by atoms with Crippen LogP contribution in [-0.2, 0) is 0 Å². The Bertz CT molecular complexity index is 487. The average Bonchev–Trinajstić information content (AvgIpc) is 2.92. The van der Waals surface area contributed by atoms with Gasteiger partial charge < -0.3 is 10.1 Å². The highest BCUT2D eigenvalue weighted by molar-refractivity contribution is 9.10. The third kappa shape index (κ3) is 2.49. The lowest BCUT2D eigenvalue weighted by Gasteiger charge is -2.54. The van der Waals surface area contributed by atoms with Gasteiger partial charge in [0.1, 0.15) is 11.9 Å². The first kappa shape index (κ1) is 14.7. The Morgan fingerprint density at radius 1 is 1.40 bits per heavy atom. The quantitative estimate of drug-likeness (QED) is 0.835. The summed E-state index contributed by atoms with van der Waals surface area (Å²) in [5, 5.41) is 4.33. The maximum absolute atomic E-state index is 6.28. The van der Waals surface area contributed by atoms with Gasteiger partial charge in [-0.15, -0.1) is 0 Å². The molecule has 2 aliphatic rings. The Morgan fingerprint density at radius 3 is 2.80 bits per heavy atom. The lowest BCUT2D eigenvalue weighted by atomic mass is 9.60. The third-order valence-electron chi connectivity index (χ3n) is 4.93. The van der Waals surface area contributed by atoms with Crippen LogP contribution in [0, 0.1) is 5.41 Å². The van der Waals surface area contributed by atoms with Gasteiger partial charge in [-0.05, 0) is 37.6 Å². The Morgan fingerprint density at radius 2 is 2.15 bits per heavy atom. The lowest BCUT2D eigenvalue weighted by Crippen LogP contribution is -2.63. The minimum Gasteiger partial charge on any atom is -0.488 e. The molecule has 2 fully saturated rings. The summed E-state index contributed by atoms with van der Waals surface area (Å²) < 4.78 is 7.25. The predicted octanol–water partition coefficient (Wildman–Crippen LogP) is 4.79. The first-order valence-electron chi connectivity index (χ1n) is 7.51. The van der Waals surface area contributed by atoms with Crippen LogP contribution < -0.4 is 10.1 Å². The Hall–Kier alpha value is -0.250. The molecule has 4 heteroatoms. The molecule has 0 amide bonds. The van der Waals surface area contributed by atoms with E-state index in [1.807, 2.05) is 18.2 Å². The van der Waals surface area contributed by atoms with Crippen molar-refractivity contribution < 1.29 is 4.74 Å². The van der Waals surface area contributed by atoms with Crippen LogP contribution in [0.4, 0.5) is 0 Å². The molecule has 0 heterocycles. The molecular weight excluding hydrogens is 338 g/mol. The molecule has 0 aromatic heterocycles. The minimum atomic E-state index is 0.313. The number of nitrogens with one attached hydrogen (secondary N) is 1. The summed E-state index contributed by atoms with van der Waals surface area (Å²) in [6.45, 7) is 3.22. The zero-order valence-electron chi connectivity index (χ0n) is 11.8. The number of halogens is 2. The van der Waals surface area contributed by atoms with Crippen LogP contribution in [0.2, 0.25) is 5.02 Å². The molecule has 2 atom stereocenters. The van der Waals surface area contributed by atoms with Gasteiger partial charge in [0, 0.05) is 22.4 Å². The highest BCUT2D eigenvalue weighted by atomic mass is 79.9. The molecule has 0 aliphatic heterocycles. The summed E-state index contributed by atoms with van der Waals surface area (Å²) in [7, 11) is 0. The maximum atomic E-state index is 6.28. The van der Waals surface area contributed by atoms with Crippen molar-refractivity contribution in [2.75, 3.05) is 6.54 Å². The molecule has 2 saturated carbocycles. The fourth-order valence-corrected chi connectivity index (χ4v) is 4.59. The van der Waals surface area contributed by atoms with Gasteiger partial charge in [-0.25, -0.2) is 0 Å². The van der Waals surface area contributed by atoms with E-state index in [4.69, 9.17) is 16.3 Å². The van der Waals surface area contributed by atoms with E-state index in [1.54, 1.807) is 0 Å². The zero-order chi connectivity index (χ0) is 14.2. The Balaban J connectivity index is 1.74. The second kappa shape index (κ2) is 5.86. The maximum Gasteiger partial charge on any atom is 0.138 e. The van der Waals surface area contributed by atoms with Crippen LogP contribution in [0.3, 0.4) is 0 Å². The highest BCUT2D eigenvalue weighted by Gasteiger charge is 2.57. The van der Waals surface area contributed by atoms with Crippen molar-refractivity contribution in [2.45, 2.75) is 51.2 Å². The smallest absolute Gasteiger partial charge is 0.138 e. The second-order valence-corrected chi connectivity index (χ2v) is 7.29. The van der Waals surface area contributed by atoms with Crippen molar-refractivity contribution in [3.05, 3.63) is 27.7 Å². The summed E-state index contributed by atoms with van der Waals surface area (Å²) in [4.78, 5) is 0. The summed E-state index contributed by atoms with van der Waals surface area (Å²) in [6, 6.07) is 6.48. The zero-order valence-corrected chi connectivity index (χ0v) is 14.1. The predicted molar refractivity (Wildman–Crippen MR) is 86.6 cm³/mol. The van der Waals surface area contributed by atoms with Crippen molar-refractivity contribution in [1.82, 2.24) is 5.32 Å². The van der Waals surface area contributed by atoms with Gasteiger partial charge in [-0.1, -0.05) is 47.3 Å². The SMILES string of the molecule is CCNC1CC(Oc2ccc(Br)cc2Cl)C12CCCC2. The Kier molecular flexibility index (Phi) is 4.30. The summed E-state index contributed by atoms with van der Waals surface area (Å²) >= 11 is 9.71. The molecule has 0 saturated heterocycles.